The molecule has 0 fully saturated rings. The lowest BCUT2D eigenvalue weighted by molar-refractivity contribution is -0.118. The fourth-order valence-electron chi connectivity index (χ4n) is 3.18. The zero-order valence-corrected chi connectivity index (χ0v) is 19.6. The molecule has 0 aliphatic heterocycles. The summed E-state index contributed by atoms with van der Waals surface area (Å²) in [4.78, 5) is 24.9. The molecule has 0 aliphatic rings. The largest absolute Gasteiger partial charge is 0.494 e. The number of halogens is 1. The smallest absolute Gasteiger partial charge is 0.262 e. The van der Waals surface area contributed by atoms with Crippen LogP contribution in [0.3, 0.4) is 0 Å². The van der Waals surface area contributed by atoms with Crippen LogP contribution in [-0.2, 0) is 4.79 Å². The Morgan fingerprint density at radius 3 is 2.39 bits per heavy atom. The molecule has 6 nitrogen and oxygen atoms in total. The molecule has 2 N–H and O–H groups in total. The van der Waals surface area contributed by atoms with Crippen molar-refractivity contribution in [1.82, 2.24) is 0 Å². The van der Waals surface area contributed by atoms with Crippen LogP contribution in [-0.4, -0.2) is 25.5 Å². The number of methoxy groups -OCH3 is 1. The highest BCUT2D eigenvalue weighted by Gasteiger charge is 2.14. The van der Waals surface area contributed by atoms with Crippen LogP contribution in [0.5, 0.6) is 11.5 Å². The molecular weight excluding hydrogens is 440 g/mol. The molecule has 33 heavy (non-hydrogen) atoms. The highest BCUT2D eigenvalue weighted by Crippen LogP contribution is 2.29. The standard InChI is InChI=1S/C26H27ClN2O4/c1-4-17(2)18-9-12-20(13-10-18)33-16-25(30)28-19-11-14-23(24(15-19)32-3)29-26(31)21-7-5-6-8-22(21)27/h5-15,17H,4,16H2,1-3H3,(H,28,30)(H,29,31)/t17-/m0/s1. The molecule has 0 aromatic heterocycles. The summed E-state index contributed by atoms with van der Waals surface area (Å²) in [6.07, 6.45) is 1.06. The van der Waals surface area contributed by atoms with E-state index >= 15 is 0 Å². The maximum atomic E-state index is 12.5. The Bertz CT molecular complexity index is 1120. The van der Waals surface area contributed by atoms with Crippen molar-refractivity contribution < 1.29 is 19.1 Å². The number of benzene rings is 3. The van der Waals surface area contributed by atoms with E-state index in [1.807, 2.05) is 24.3 Å². The summed E-state index contributed by atoms with van der Waals surface area (Å²) < 4.78 is 11.0. The van der Waals surface area contributed by atoms with Crippen molar-refractivity contribution in [1.29, 1.82) is 0 Å². The summed E-state index contributed by atoms with van der Waals surface area (Å²) in [5, 5.41) is 5.90. The van der Waals surface area contributed by atoms with Crippen LogP contribution in [0.1, 0.15) is 42.1 Å². The Hall–Kier alpha value is -3.51. The minimum atomic E-state index is -0.358. The van der Waals surface area contributed by atoms with Crippen LogP contribution >= 0.6 is 11.6 Å². The number of carbonyl (C=O) groups excluding carboxylic acids is 2. The van der Waals surface area contributed by atoms with Crippen LogP contribution < -0.4 is 20.1 Å². The summed E-state index contributed by atoms with van der Waals surface area (Å²) in [6.45, 7) is 4.19. The predicted octanol–water partition coefficient (Wildman–Crippen LogP) is 6.13. The Labute approximate surface area is 198 Å². The van der Waals surface area contributed by atoms with Gasteiger partial charge in [0.25, 0.3) is 11.8 Å². The zero-order chi connectivity index (χ0) is 23.8. The summed E-state index contributed by atoms with van der Waals surface area (Å²) >= 11 is 6.09. The van der Waals surface area contributed by atoms with Crippen LogP contribution in [0.25, 0.3) is 0 Å². The first-order valence-electron chi connectivity index (χ1n) is 10.7. The Morgan fingerprint density at radius 2 is 1.73 bits per heavy atom. The van der Waals surface area contributed by atoms with E-state index in [0.717, 1.165) is 6.42 Å². The zero-order valence-electron chi connectivity index (χ0n) is 18.9. The summed E-state index contributed by atoms with van der Waals surface area (Å²) in [5.41, 5.74) is 2.57. The van der Waals surface area contributed by atoms with E-state index in [2.05, 4.69) is 24.5 Å². The average Bonchev–Trinajstić information content (AvgIpc) is 2.83. The van der Waals surface area contributed by atoms with Crippen molar-refractivity contribution in [3.05, 3.63) is 82.9 Å². The highest BCUT2D eigenvalue weighted by molar-refractivity contribution is 6.34. The first-order valence-corrected chi connectivity index (χ1v) is 11.1. The predicted molar refractivity (Wildman–Crippen MR) is 132 cm³/mol. The molecule has 3 aromatic carbocycles. The number of amides is 2. The average molecular weight is 467 g/mol. The SMILES string of the molecule is CC[C@H](C)c1ccc(OCC(=O)Nc2ccc(NC(=O)c3ccccc3Cl)c(OC)c2)cc1. The van der Waals surface area contributed by atoms with Gasteiger partial charge in [-0.2, -0.15) is 0 Å². The summed E-state index contributed by atoms with van der Waals surface area (Å²) in [5.74, 6) is 0.844. The quantitative estimate of drug-likeness (QED) is 0.397. The van der Waals surface area contributed by atoms with Crippen molar-refractivity contribution >= 4 is 34.8 Å². The molecule has 7 heteroatoms. The van der Waals surface area contributed by atoms with E-state index in [1.165, 1.54) is 12.7 Å². The Kier molecular flexibility index (Phi) is 8.33. The van der Waals surface area contributed by atoms with E-state index in [-0.39, 0.29) is 18.4 Å². The minimum Gasteiger partial charge on any atom is -0.494 e. The molecule has 1 atom stereocenters. The molecule has 0 saturated heterocycles. The summed E-state index contributed by atoms with van der Waals surface area (Å²) in [6, 6.07) is 19.5. The van der Waals surface area contributed by atoms with Crippen molar-refractivity contribution in [2.45, 2.75) is 26.2 Å². The number of carbonyl (C=O) groups is 2. The van der Waals surface area contributed by atoms with E-state index in [0.29, 0.717) is 39.4 Å². The molecule has 0 aliphatic carbocycles. The number of ether oxygens (including phenoxy) is 2. The first kappa shape index (κ1) is 24.1. The van der Waals surface area contributed by atoms with Gasteiger partial charge in [0, 0.05) is 11.8 Å². The van der Waals surface area contributed by atoms with Gasteiger partial charge in [-0.3, -0.25) is 9.59 Å². The topological polar surface area (TPSA) is 76.7 Å². The number of hydrogen-bond donors (Lipinski definition) is 2. The molecule has 172 valence electrons. The molecule has 0 heterocycles. The molecule has 3 rings (SSSR count). The van der Waals surface area contributed by atoms with Gasteiger partial charge in [0.1, 0.15) is 11.5 Å². The number of rotatable bonds is 9. The molecule has 3 aromatic rings. The van der Waals surface area contributed by atoms with Crippen LogP contribution in [0.2, 0.25) is 5.02 Å². The summed E-state index contributed by atoms with van der Waals surface area (Å²) in [7, 11) is 1.48. The lowest BCUT2D eigenvalue weighted by Crippen LogP contribution is -2.20. The van der Waals surface area contributed by atoms with Gasteiger partial charge in [0.2, 0.25) is 0 Å². The molecule has 0 saturated carbocycles. The van der Waals surface area contributed by atoms with Crippen molar-refractivity contribution in [2.75, 3.05) is 24.4 Å². The highest BCUT2D eigenvalue weighted by atomic mass is 35.5. The lowest BCUT2D eigenvalue weighted by atomic mass is 9.99. The molecule has 0 radical (unpaired) electrons. The monoisotopic (exact) mass is 466 g/mol. The van der Waals surface area contributed by atoms with Crippen molar-refractivity contribution in [2.24, 2.45) is 0 Å². The second kappa shape index (κ2) is 11.4. The molecule has 0 spiro atoms. The third kappa shape index (κ3) is 6.49. The van der Waals surface area contributed by atoms with Crippen LogP contribution in [0, 0.1) is 0 Å². The Morgan fingerprint density at radius 1 is 1.00 bits per heavy atom. The van der Waals surface area contributed by atoms with Gasteiger partial charge in [0.15, 0.2) is 6.61 Å². The Balaban J connectivity index is 1.59. The molecule has 0 bridgehead atoms. The third-order valence-electron chi connectivity index (χ3n) is 5.28. The maximum Gasteiger partial charge on any atom is 0.262 e. The third-order valence-corrected chi connectivity index (χ3v) is 5.61. The maximum absolute atomic E-state index is 12.5. The van der Waals surface area contributed by atoms with E-state index in [9.17, 15) is 9.59 Å². The molecule has 2 amide bonds. The number of nitrogens with one attached hydrogen (secondary N) is 2. The minimum absolute atomic E-state index is 0.129. The van der Waals surface area contributed by atoms with Gasteiger partial charge in [-0.05, 0) is 54.3 Å². The van der Waals surface area contributed by atoms with Crippen molar-refractivity contribution in [3.63, 3.8) is 0 Å². The van der Waals surface area contributed by atoms with Crippen LogP contribution in [0.4, 0.5) is 11.4 Å². The van der Waals surface area contributed by atoms with E-state index in [4.69, 9.17) is 21.1 Å². The van der Waals surface area contributed by atoms with Crippen molar-refractivity contribution in [3.8, 4) is 11.5 Å². The number of anilines is 2. The fourth-order valence-corrected chi connectivity index (χ4v) is 3.40. The number of hydrogen-bond acceptors (Lipinski definition) is 4. The second-order valence-corrected chi connectivity index (χ2v) is 7.97. The van der Waals surface area contributed by atoms with Gasteiger partial charge in [-0.25, -0.2) is 0 Å². The van der Waals surface area contributed by atoms with Gasteiger partial charge in [-0.15, -0.1) is 0 Å². The normalized spacial score (nSPS) is 11.4. The van der Waals surface area contributed by atoms with Gasteiger partial charge < -0.3 is 20.1 Å². The van der Waals surface area contributed by atoms with Gasteiger partial charge in [0.05, 0.1) is 23.4 Å². The van der Waals surface area contributed by atoms with E-state index in [1.54, 1.807) is 42.5 Å². The molecule has 0 unspecified atom stereocenters. The van der Waals surface area contributed by atoms with Gasteiger partial charge in [-0.1, -0.05) is 49.7 Å². The second-order valence-electron chi connectivity index (χ2n) is 7.56. The van der Waals surface area contributed by atoms with Crippen LogP contribution in [0.15, 0.2) is 66.7 Å². The fraction of sp³-hybridized carbons (Fsp3) is 0.231. The van der Waals surface area contributed by atoms with Gasteiger partial charge >= 0.3 is 0 Å². The lowest BCUT2D eigenvalue weighted by Gasteiger charge is -2.14. The molecular formula is C26H27ClN2O4. The van der Waals surface area contributed by atoms with E-state index < -0.39 is 0 Å². The first-order chi connectivity index (χ1) is 15.9.